The highest BCUT2D eigenvalue weighted by molar-refractivity contribution is 5.37. The molecule has 3 nitrogen and oxygen atoms in total. The van der Waals surface area contributed by atoms with E-state index in [1.165, 1.54) is 18.2 Å². The van der Waals surface area contributed by atoms with Gasteiger partial charge in [0.1, 0.15) is 5.75 Å². The Labute approximate surface area is 136 Å². The van der Waals surface area contributed by atoms with Gasteiger partial charge in [-0.3, -0.25) is 0 Å². The van der Waals surface area contributed by atoms with Crippen molar-refractivity contribution in [2.75, 3.05) is 0 Å². The summed E-state index contributed by atoms with van der Waals surface area (Å²) >= 11 is 0. The Hall–Kier alpha value is -2.12. The Morgan fingerprint density at radius 2 is 1.58 bits per heavy atom. The largest absolute Gasteiger partial charge is 0.461 e. The fourth-order valence-electron chi connectivity index (χ4n) is 2.23. The SMILES string of the molecule is N[C@@H](c1ccccc1OC(F)(F)C(F)F)[C@H](O)Cc1ccccc1. The molecule has 2 aromatic rings. The zero-order valence-electron chi connectivity index (χ0n) is 12.6. The van der Waals surface area contributed by atoms with Gasteiger partial charge in [0.25, 0.3) is 0 Å². The molecule has 0 fully saturated rings. The molecular weight excluding hydrogens is 326 g/mol. The van der Waals surface area contributed by atoms with Crippen LogP contribution in [0.3, 0.4) is 0 Å². The number of rotatable bonds is 7. The third-order valence-electron chi connectivity index (χ3n) is 3.48. The number of hydrogen-bond donors (Lipinski definition) is 2. The van der Waals surface area contributed by atoms with Crippen LogP contribution in [-0.4, -0.2) is 23.7 Å². The third-order valence-corrected chi connectivity index (χ3v) is 3.48. The molecule has 2 atom stereocenters. The van der Waals surface area contributed by atoms with Crippen LogP contribution in [0.25, 0.3) is 0 Å². The van der Waals surface area contributed by atoms with Gasteiger partial charge < -0.3 is 15.6 Å². The van der Waals surface area contributed by atoms with Gasteiger partial charge in [0.2, 0.25) is 0 Å². The summed E-state index contributed by atoms with van der Waals surface area (Å²) < 4.78 is 55.1. The maximum atomic E-state index is 13.1. The lowest BCUT2D eigenvalue weighted by Crippen LogP contribution is -2.35. The van der Waals surface area contributed by atoms with Crippen molar-refractivity contribution >= 4 is 0 Å². The van der Waals surface area contributed by atoms with Crippen LogP contribution in [0.4, 0.5) is 17.6 Å². The highest BCUT2D eigenvalue weighted by Crippen LogP contribution is 2.33. The number of alkyl halides is 4. The van der Waals surface area contributed by atoms with E-state index in [2.05, 4.69) is 4.74 Å². The number of aliphatic hydroxyl groups is 1. The molecule has 24 heavy (non-hydrogen) atoms. The topological polar surface area (TPSA) is 55.5 Å². The maximum absolute atomic E-state index is 13.1. The molecule has 3 N–H and O–H groups in total. The van der Waals surface area contributed by atoms with E-state index in [9.17, 15) is 22.7 Å². The van der Waals surface area contributed by atoms with Crippen LogP contribution in [0.5, 0.6) is 5.75 Å². The van der Waals surface area contributed by atoms with Crippen LogP contribution in [-0.2, 0) is 6.42 Å². The van der Waals surface area contributed by atoms with Crippen molar-refractivity contribution in [3.05, 3.63) is 65.7 Å². The van der Waals surface area contributed by atoms with E-state index in [0.29, 0.717) is 0 Å². The van der Waals surface area contributed by atoms with Crippen molar-refractivity contribution in [2.45, 2.75) is 31.1 Å². The highest BCUT2D eigenvalue weighted by Gasteiger charge is 2.44. The molecule has 0 aliphatic heterocycles. The van der Waals surface area contributed by atoms with Gasteiger partial charge in [0, 0.05) is 12.0 Å². The van der Waals surface area contributed by atoms with Crippen LogP contribution >= 0.6 is 0 Å². The fourth-order valence-corrected chi connectivity index (χ4v) is 2.23. The maximum Gasteiger partial charge on any atom is 0.461 e. The second kappa shape index (κ2) is 7.63. The van der Waals surface area contributed by atoms with Crippen LogP contribution in [0, 0.1) is 0 Å². The number of aliphatic hydroxyl groups excluding tert-OH is 1. The first-order valence-corrected chi connectivity index (χ1v) is 7.22. The summed E-state index contributed by atoms with van der Waals surface area (Å²) in [5.74, 6) is -0.484. The first-order valence-electron chi connectivity index (χ1n) is 7.22. The minimum atomic E-state index is -4.64. The second-order valence-electron chi connectivity index (χ2n) is 5.29. The summed E-state index contributed by atoms with van der Waals surface area (Å²) in [7, 11) is 0. The summed E-state index contributed by atoms with van der Waals surface area (Å²) in [4.78, 5) is 0. The van der Waals surface area contributed by atoms with Crippen molar-refractivity contribution in [3.63, 3.8) is 0 Å². The lowest BCUT2D eigenvalue weighted by Gasteiger charge is -2.24. The van der Waals surface area contributed by atoms with Crippen LogP contribution in [0.1, 0.15) is 17.2 Å². The molecule has 0 saturated carbocycles. The predicted octanol–water partition coefficient (Wildman–Crippen LogP) is 3.53. The van der Waals surface area contributed by atoms with Gasteiger partial charge in [-0.2, -0.15) is 17.6 Å². The summed E-state index contributed by atoms with van der Waals surface area (Å²) in [5.41, 5.74) is 6.75. The van der Waals surface area contributed by atoms with Crippen molar-refractivity contribution in [2.24, 2.45) is 5.73 Å². The minimum absolute atomic E-state index is 0.0289. The van der Waals surface area contributed by atoms with E-state index in [4.69, 9.17) is 5.73 Å². The number of para-hydroxylation sites is 1. The monoisotopic (exact) mass is 343 g/mol. The van der Waals surface area contributed by atoms with E-state index >= 15 is 0 Å². The molecule has 0 amide bonds. The Kier molecular flexibility index (Phi) is 5.80. The van der Waals surface area contributed by atoms with Gasteiger partial charge in [-0.1, -0.05) is 48.5 Å². The molecule has 0 aliphatic carbocycles. The van der Waals surface area contributed by atoms with Crippen molar-refractivity contribution in [1.29, 1.82) is 0 Å². The quantitative estimate of drug-likeness (QED) is 0.756. The van der Waals surface area contributed by atoms with Gasteiger partial charge >= 0.3 is 12.5 Å². The Morgan fingerprint density at radius 1 is 1.00 bits per heavy atom. The van der Waals surface area contributed by atoms with Crippen LogP contribution in [0.2, 0.25) is 0 Å². The number of hydrogen-bond acceptors (Lipinski definition) is 3. The lowest BCUT2D eigenvalue weighted by atomic mass is 9.96. The number of ether oxygens (including phenoxy) is 1. The van der Waals surface area contributed by atoms with Crippen LogP contribution in [0.15, 0.2) is 54.6 Å². The molecule has 0 bridgehead atoms. The minimum Gasteiger partial charge on any atom is -0.428 e. The van der Waals surface area contributed by atoms with E-state index in [-0.39, 0.29) is 12.0 Å². The van der Waals surface area contributed by atoms with Crippen molar-refractivity contribution in [1.82, 2.24) is 0 Å². The summed E-state index contributed by atoms with van der Waals surface area (Å²) in [6.07, 6.45) is -9.53. The molecule has 0 heterocycles. The Balaban J connectivity index is 2.18. The van der Waals surface area contributed by atoms with Gasteiger partial charge in [0.05, 0.1) is 12.1 Å². The zero-order valence-corrected chi connectivity index (χ0v) is 12.6. The smallest absolute Gasteiger partial charge is 0.428 e. The summed E-state index contributed by atoms with van der Waals surface area (Å²) in [6, 6.07) is 13.2. The van der Waals surface area contributed by atoms with Gasteiger partial charge in [-0.05, 0) is 11.6 Å². The molecule has 0 aliphatic rings. The van der Waals surface area contributed by atoms with Crippen LogP contribution < -0.4 is 10.5 Å². The number of nitrogens with two attached hydrogens (primary N) is 1. The molecule has 0 spiro atoms. The second-order valence-corrected chi connectivity index (χ2v) is 5.29. The molecule has 0 aromatic heterocycles. The molecular formula is C17H17F4NO2. The van der Waals surface area contributed by atoms with E-state index in [0.717, 1.165) is 11.6 Å². The molecule has 0 unspecified atom stereocenters. The van der Waals surface area contributed by atoms with Crippen molar-refractivity contribution in [3.8, 4) is 5.75 Å². The van der Waals surface area contributed by atoms with E-state index in [1.54, 1.807) is 24.3 Å². The first kappa shape index (κ1) is 18.2. The molecule has 0 saturated heterocycles. The average molecular weight is 343 g/mol. The van der Waals surface area contributed by atoms with E-state index < -0.39 is 30.4 Å². The summed E-state index contributed by atoms with van der Waals surface area (Å²) in [6.45, 7) is 0. The molecule has 7 heteroatoms. The normalized spacial score (nSPS) is 14.5. The average Bonchev–Trinajstić information content (AvgIpc) is 2.55. The third kappa shape index (κ3) is 4.46. The predicted molar refractivity (Wildman–Crippen MR) is 81.1 cm³/mol. The molecule has 2 rings (SSSR count). The zero-order chi connectivity index (χ0) is 17.7. The Morgan fingerprint density at radius 3 is 2.21 bits per heavy atom. The number of halogens is 4. The van der Waals surface area contributed by atoms with Gasteiger partial charge in [0.15, 0.2) is 0 Å². The molecule has 130 valence electrons. The molecule has 0 radical (unpaired) electrons. The fraction of sp³-hybridized carbons (Fsp3) is 0.294. The van der Waals surface area contributed by atoms with Crippen molar-refractivity contribution < 1.29 is 27.4 Å². The first-order chi connectivity index (χ1) is 11.3. The van der Waals surface area contributed by atoms with E-state index in [1.807, 2.05) is 6.07 Å². The highest BCUT2D eigenvalue weighted by atomic mass is 19.3. The van der Waals surface area contributed by atoms with Gasteiger partial charge in [-0.15, -0.1) is 0 Å². The molecule has 2 aromatic carbocycles. The Bertz CT molecular complexity index is 652. The standard InChI is InChI=1S/C17H17F4NO2/c18-16(19)17(20,21)24-14-9-5-4-8-12(14)15(22)13(23)10-11-6-2-1-3-7-11/h1-9,13,15-16,23H,10,22H2/t13-,15+/m1/s1. The lowest BCUT2D eigenvalue weighted by molar-refractivity contribution is -0.253. The number of benzene rings is 2. The summed E-state index contributed by atoms with van der Waals surface area (Å²) in [5, 5.41) is 10.2. The van der Waals surface area contributed by atoms with Gasteiger partial charge in [-0.25, -0.2) is 0 Å².